The van der Waals surface area contributed by atoms with Crippen LogP contribution in [0.5, 0.6) is 0 Å². The third-order valence-corrected chi connectivity index (χ3v) is 9.36. The van der Waals surface area contributed by atoms with Gasteiger partial charge in [-0.3, -0.25) is 19.8 Å². The Kier molecular flexibility index (Phi) is 8.64. The first-order valence-corrected chi connectivity index (χ1v) is 16.2. The van der Waals surface area contributed by atoms with Gasteiger partial charge in [-0.2, -0.15) is 0 Å². The maximum Gasteiger partial charge on any atom is 0.251 e. The van der Waals surface area contributed by atoms with Gasteiger partial charge in [-0.1, -0.05) is 24.3 Å². The molecule has 1 atom stereocenters. The first-order chi connectivity index (χ1) is 20.4. The molecule has 2 aliphatic rings. The summed E-state index contributed by atoms with van der Waals surface area (Å²) in [5.74, 6) is -2.43. The van der Waals surface area contributed by atoms with E-state index < -0.39 is 33.5 Å². The monoisotopic (exact) mass is 625 g/mol. The largest absolute Gasteiger partial charge is 0.384 e. The molecule has 0 radical (unpaired) electrons. The number of rotatable bonds is 9. The lowest BCUT2D eigenvalue weighted by Crippen LogP contribution is -2.49. The van der Waals surface area contributed by atoms with Crippen molar-refractivity contribution in [3.8, 4) is 11.1 Å². The van der Waals surface area contributed by atoms with Crippen molar-refractivity contribution in [1.29, 1.82) is 5.41 Å². The Morgan fingerprint density at radius 2 is 1.65 bits per heavy atom. The van der Waals surface area contributed by atoms with Crippen LogP contribution in [0.2, 0.25) is 0 Å². The molecule has 14 heteroatoms. The van der Waals surface area contributed by atoms with Crippen LogP contribution in [0.15, 0.2) is 64.9 Å². The van der Waals surface area contributed by atoms with Crippen LogP contribution >= 0.6 is 11.3 Å². The molecule has 0 unspecified atom stereocenters. The molecule has 5 N–H and O–H groups in total. The first kappa shape index (κ1) is 30.4. The molecule has 2 aliphatic heterocycles. The Morgan fingerprint density at radius 1 is 1.02 bits per heavy atom. The number of amidine groups is 1. The summed E-state index contributed by atoms with van der Waals surface area (Å²) >= 11 is 1.36. The SMILES string of the molecule is CS(=O)(=O)c1ccc(-c2ccc(C(=O)NCC(=O)N3CC4(C[C@H]3C(=O)NCc3cc(C(=N)N)cs3)OCCO4)cc2)cc1. The summed E-state index contributed by atoms with van der Waals surface area (Å²) in [6.07, 6.45) is 1.31. The second kappa shape index (κ2) is 12.2. The van der Waals surface area contributed by atoms with E-state index >= 15 is 0 Å². The van der Waals surface area contributed by atoms with Crippen molar-refractivity contribution < 1.29 is 32.3 Å². The zero-order valence-electron chi connectivity index (χ0n) is 23.3. The first-order valence-electron chi connectivity index (χ1n) is 13.4. The summed E-state index contributed by atoms with van der Waals surface area (Å²) in [6, 6.07) is 14.0. The number of nitrogens with one attached hydrogen (secondary N) is 3. The molecule has 0 saturated carbocycles. The van der Waals surface area contributed by atoms with Gasteiger partial charge in [0.05, 0.1) is 37.7 Å². The van der Waals surface area contributed by atoms with E-state index in [0.29, 0.717) is 24.3 Å². The molecule has 43 heavy (non-hydrogen) atoms. The zero-order valence-corrected chi connectivity index (χ0v) is 24.9. The van der Waals surface area contributed by atoms with Gasteiger partial charge in [-0.25, -0.2) is 8.42 Å². The van der Waals surface area contributed by atoms with Gasteiger partial charge in [0.1, 0.15) is 11.9 Å². The highest BCUT2D eigenvalue weighted by Crippen LogP contribution is 2.35. The number of hydrogen-bond donors (Lipinski definition) is 4. The van der Waals surface area contributed by atoms with E-state index in [-0.39, 0.29) is 42.7 Å². The summed E-state index contributed by atoms with van der Waals surface area (Å²) in [5, 5.41) is 14.7. The number of likely N-dealkylation sites (tertiary alicyclic amines) is 1. The predicted molar refractivity (Wildman–Crippen MR) is 159 cm³/mol. The molecule has 3 aromatic rings. The van der Waals surface area contributed by atoms with E-state index in [2.05, 4.69) is 10.6 Å². The molecule has 1 aromatic heterocycles. The van der Waals surface area contributed by atoms with Crippen LogP contribution in [-0.4, -0.2) is 81.3 Å². The number of nitrogens with zero attached hydrogens (tertiary/aromatic N) is 1. The molecule has 3 amide bonds. The number of carbonyl (C=O) groups excluding carboxylic acids is 3. The van der Waals surface area contributed by atoms with Gasteiger partial charge in [-0.05, 0) is 41.5 Å². The Balaban J connectivity index is 1.20. The summed E-state index contributed by atoms with van der Waals surface area (Å²) in [7, 11) is -3.30. The van der Waals surface area contributed by atoms with Crippen LogP contribution in [-0.2, 0) is 35.4 Å². The van der Waals surface area contributed by atoms with E-state index in [1.54, 1.807) is 47.8 Å². The highest BCUT2D eigenvalue weighted by molar-refractivity contribution is 7.90. The molecule has 1 spiro atoms. The maximum atomic E-state index is 13.3. The second-order valence-corrected chi connectivity index (χ2v) is 13.4. The van der Waals surface area contributed by atoms with E-state index in [1.807, 2.05) is 0 Å². The molecular weight excluding hydrogens is 594 g/mol. The summed E-state index contributed by atoms with van der Waals surface area (Å²) in [4.78, 5) is 41.7. The fourth-order valence-electron chi connectivity index (χ4n) is 5.02. The van der Waals surface area contributed by atoms with Crippen molar-refractivity contribution in [3.05, 3.63) is 76.0 Å². The molecule has 3 heterocycles. The smallest absolute Gasteiger partial charge is 0.251 e. The van der Waals surface area contributed by atoms with Gasteiger partial charge in [-0.15, -0.1) is 11.3 Å². The van der Waals surface area contributed by atoms with Gasteiger partial charge in [0.2, 0.25) is 11.8 Å². The molecule has 0 aliphatic carbocycles. The standard InChI is InChI=1S/C29H31N5O7S2/c1-43(38,39)23-8-6-19(7-9-23)18-2-4-20(5-3-18)27(36)33-15-25(35)34-17-29(40-10-11-41-29)13-24(34)28(37)32-14-22-12-21(16-42-22)26(30)31/h2-9,12,16,24H,10-11,13-15,17H2,1H3,(H3,30,31)(H,32,37)(H,33,36)/t24-/m0/s1. The third kappa shape index (κ3) is 6.94. The highest BCUT2D eigenvalue weighted by Gasteiger charge is 2.52. The van der Waals surface area contributed by atoms with Crippen LogP contribution in [0.4, 0.5) is 0 Å². The molecule has 2 aromatic carbocycles. The summed E-state index contributed by atoms with van der Waals surface area (Å²) in [6.45, 7) is 0.640. The number of thiophene rings is 1. The number of benzene rings is 2. The highest BCUT2D eigenvalue weighted by atomic mass is 32.2. The summed E-state index contributed by atoms with van der Waals surface area (Å²) < 4.78 is 34.9. The Bertz CT molecular complexity index is 1650. The molecule has 226 valence electrons. The minimum Gasteiger partial charge on any atom is -0.384 e. The maximum absolute atomic E-state index is 13.3. The van der Waals surface area contributed by atoms with E-state index in [4.69, 9.17) is 20.6 Å². The minimum absolute atomic E-state index is 0.0557. The summed E-state index contributed by atoms with van der Waals surface area (Å²) in [5.41, 5.74) is 8.01. The number of nitrogens with two attached hydrogens (primary N) is 1. The molecule has 5 rings (SSSR count). The fourth-order valence-corrected chi connectivity index (χ4v) is 6.47. The molecule has 2 fully saturated rings. The van der Waals surface area contributed by atoms with Crippen LogP contribution in [0.3, 0.4) is 0 Å². The van der Waals surface area contributed by atoms with Gasteiger partial charge in [0.15, 0.2) is 15.6 Å². The van der Waals surface area contributed by atoms with Crippen molar-refractivity contribution >= 4 is 44.7 Å². The van der Waals surface area contributed by atoms with Gasteiger partial charge in [0.25, 0.3) is 5.91 Å². The number of nitrogen functional groups attached to an aromatic ring is 1. The fraction of sp³-hybridized carbons (Fsp3) is 0.310. The number of sulfone groups is 1. The predicted octanol–water partition coefficient (Wildman–Crippen LogP) is 1.49. The topological polar surface area (TPSA) is 181 Å². The lowest BCUT2D eigenvalue weighted by molar-refractivity contribution is -0.152. The van der Waals surface area contributed by atoms with Crippen molar-refractivity contribution in [1.82, 2.24) is 15.5 Å². The van der Waals surface area contributed by atoms with Crippen molar-refractivity contribution in [2.24, 2.45) is 5.73 Å². The Morgan fingerprint density at radius 3 is 2.23 bits per heavy atom. The average molecular weight is 626 g/mol. The number of amides is 3. The Labute approximate surface area is 252 Å². The lowest BCUT2D eigenvalue weighted by Gasteiger charge is -2.24. The van der Waals surface area contributed by atoms with Crippen LogP contribution < -0.4 is 16.4 Å². The van der Waals surface area contributed by atoms with E-state index in [0.717, 1.165) is 22.3 Å². The lowest BCUT2D eigenvalue weighted by atomic mass is 10.0. The average Bonchev–Trinajstić information content (AvgIpc) is 3.75. The van der Waals surface area contributed by atoms with Gasteiger partial charge >= 0.3 is 0 Å². The van der Waals surface area contributed by atoms with Gasteiger partial charge < -0.3 is 30.7 Å². The molecule has 12 nitrogen and oxygen atoms in total. The normalized spacial score (nSPS) is 17.6. The van der Waals surface area contributed by atoms with Crippen molar-refractivity contribution in [2.45, 2.75) is 29.7 Å². The third-order valence-electron chi connectivity index (χ3n) is 7.29. The van der Waals surface area contributed by atoms with Crippen LogP contribution in [0.25, 0.3) is 11.1 Å². The van der Waals surface area contributed by atoms with E-state index in [1.165, 1.54) is 28.4 Å². The minimum atomic E-state index is -3.30. The number of carbonyl (C=O) groups is 3. The number of ether oxygens (including phenoxy) is 2. The van der Waals surface area contributed by atoms with Gasteiger partial charge in [0, 0.05) is 34.1 Å². The van der Waals surface area contributed by atoms with Crippen molar-refractivity contribution in [2.75, 3.05) is 32.6 Å². The Hall–Kier alpha value is -4.11. The van der Waals surface area contributed by atoms with Crippen LogP contribution in [0.1, 0.15) is 27.2 Å². The molecular formula is C29H31N5O7S2. The zero-order chi connectivity index (χ0) is 30.8. The quantitative estimate of drug-likeness (QED) is 0.204. The molecule has 2 saturated heterocycles. The van der Waals surface area contributed by atoms with E-state index in [9.17, 15) is 22.8 Å². The second-order valence-electron chi connectivity index (χ2n) is 10.3. The van der Waals surface area contributed by atoms with Crippen molar-refractivity contribution in [3.63, 3.8) is 0 Å². The molecule has 0 bridgehead atoms. The number of hydrogen-bond acceptors (Lipinski definition) is 9. The van der Waals surface area contributed by atoms with Crippen LogP contribution in [0, 0.1) is 5.41 Å².